The number of ether oxygens (including phenoxy) is 2. The Hall–Kier alpha value is -5.08. The minimum atomic E-state index is -0.914. The van der Waals surface area contributed by atoms with Gasteiger partial charge in [0.2, 0.25) is 11.1 Å². The number of carbonyl (C=O) groups excluding carboxylic acids is 1. The molecule has 12 nitrogen and oxygen atoms in total. The van der Waals surface area contributed by atoms with Gasteiger partial charge in [-0.25, -0.2) is 0 Å². The molecule has 0 bridgehead atoms. The lowest BCUT2D eigenvalue weighted by Gasteiger charge is -2.36. The fourth-order valence-electron chi connectivity index (χ4n) is 5.63. The Bertz CT molecular complexity index is 1900. The number of amides is 1. The van der Waals surface area contributed by atoms with Crippen LogP contribution in [0.5, 0.6) is 5.75 Å². The van der Waals surface area contributed by atoms with Crippen molar-refractivity contribution in [3.63, 3.8) is 0 Å². The van der Waals surface area contributed by atoms with E-state index in [-0.39, 0.29) is 43.3 Å². The molecule has 258 valence electrons. The maximum atomic E-state index is 12.2. The summed E-state index contributed by atoms with van der Waals surface area (Å²) in [5.41, 5.74) is 6.21. The quantitative estimate of drug-likeness (QED) is 0.105. The molecular formula is C37H37N5O7S. The van der Waals surface area contributed by atoms with Gasteiger partial charge in [-0.2, -0.15) is 4.68 Å². The van der Waals surface area contributed by atoms with Crippen molar-refractivity contribution in [2.45, 2.75) is 62.5 Å². The average molecular weight is 696 g/mol. The third kappa shape index (κ3) is 9.12. The predicted molar refractivity (Wildman–Crippen MR) is 185 cm³/mol. The summed E-state index contributed by atoms with van der Waals surface area (Å²) < 4.78 is 14.8. The highest BCUT2D eigenvalue weighted by molar-refractivity contribution is 7.99. The molecule has 0 aliphatic carbocycles. The molecule has 1 amide bonds. The number of hydrogen-bond donors (Lipinski definition) is 4. The molecule has 0 spiro atoms. The maximum Gasteiger partial charge on any atom is 0.303 e. The summed E-state index contributed by atoms with van der Waals surface area (Å²) in [7, 11) is 0. The monoisotopic (exact) mass is 695 g/mol. The fourth-order valence-corrected chi connectivity index (χ4v) is 6.54. The third-order valence-electron chi connectivity index (χ3n) is 8.25. The molecular weight excluding hydrogens is 659 g/mol. The summed E-state index contributed by atoms with van der Waals surface area (Å²) in [6.07, 6.45) is -0.150. The number of aliphatic hydroxyl groups excluding tert-OH is 1. The Balaban J connectivity index is 1.18. The van der Waals surface area contributed by atoms with Crippen molar-refractivity contribution in [3.05, 3.63) is 119 Å². The minimum Gasteiger partial charge on any atom is -0.508 e. The van der Waals surface area contributed by atoms with Crippen LogP contribution in [0.2, 0.25) is 0 Å². The van der Waals surface area contributed by atoms with Crippen LogP contribution in [-0.2, 0) is 32.2 Å². The molecule has 4 N–H and O–H groups in total. The Labute approximate surface area is 293 Å². The van der Waals surface area contributed by atoms with Gasteiger partial charge in [0.1, 0.15) is 5.75 Å². The molecule has 2 heterocycles. The Morgan fingerprint density at radius 1 is 0.880 bits per heavy atom. The number of aliphatic hydroxyl groups is 1. The molecule has 6 rings (SSSR count). The first-order chi connectivity index (χ1) is 24.3. The van der Waals surface area contributed by atoms with Crippen LogP contribution in [0.1, 0.15) is 60.3 Å². The summed E-state index contributed by atoms with van der Waals surface area (Å²) in [4.78, 5) is 22.9. The Morgan fingerprint density at radius 3 is 2.40 bits per heavy atom. The molecule has 1 fully saturated rings. The molecule has 1 aliphatic heterocycles. The van der Waals surface area contributed by atoms with Gasteiger partial charge >= 0.3 is 5.97 Å². The van der Waals surface area contributed by atoms with E-state index in [9.17, 15) is 19.8 Å². The number of thioether (sulfide) groups is 1. The molecule has 5 aromatic rings. The van der Waals surface area contributed by atoms with Crippen LogP contribution >= 0.6 is 11.8 Å². The number of carboxylic acids is 1. The lowest BCUT2D eigenvalue weighted by molar-refractivity contribution is -0.245. The van der Waals surface area contributed by atoms with E-state index in [1.807, 2.05) is 72.8 Å². The molecule has 3 atom stereocenters. The van der Waals surface area contributed by atoms with Gasteiger partial charge in [0.05, 0.1) is 24.5 Å². The Kier molecular flexibility index (Phi) is 11.5. The zero-order valence-electron chi connectivity index (χ0n) is 27.1. The van der Waals surface area contributed by atoms with Crippen LogP contribution in [0.25, 0.3) is 16.8 Å². The minimum absolute atomic E-state index is 0.0364. The summed E-state index contributed by atoms with van der Waals surface area (Å²) in [5.74, 6) is -0.394. The van der Waals surface area contributed by atoms with Crippen molar-refractivity contribution in [3.8, 4) is 22.6 Å². The van der Waals surface area contributed by atoms with Crippen molar-refractivity contribution in [1.82, 2.24) is 25.5 Å². The van der Waals surface area contributed by atoms with Crippen LogP contribution in [0, 0.1) is 0 Å². The predicted octanol–water partition coefficient (Wildman–Crippen LogP) is 5.74. The molecule has 1 aromatic heterocycles. The highest BCUT2D eigenvalue weighted by atomic mass is 32.2. The molecule has 13 heteroatoms. The number of phenolic OH excluding ortho intramolecular Hbond substituents is 1. The standard InChI is InChI=1S/C37H37N5O7S/c43-22-24-10-12-26(13-11-24)33-20-32(23-50-37-39-40-41-42(37)30-14-16-31(44)17-15-30)48-36(49-33)29-7-2-6-28(19-29)27-5-1-4-25(18-27)21-38-34(45)8-3-9-35(46)47/h1-2,4-7,10-19,32-33,36,43-44H,3,8-9,20-23H2,(H,38,45)(H,46,47)/t32-,33+,36+/m0/s1. The zero-order chi connectivity index (χ0) is 34.9. The lowest BCUT2D eigenvalue weighted by atomic mass is 9.99. The fraction of sp³-hybridized carbons (Fsp3) is 0.270. The van der Waals surface area contributed by atoms with Gasteiger partial charge in [-0.3, -0.25) is 9.59 Å². The van der Waals surface area contributed by atoms with Gasteiger partial charge in [-0.1, -0.05) is 72.4 Å². The van der Waals surface area contributed by atoms with E-state index >= 15 is 0 Å². The normalized spacial score (nSPS) is 17.3. The molecule has 0 unspecified atom stereocenters. The van der Waals surface area contributed by atoms with E-state index in [0.717, 1.165) is 39.1 Å². The van der Waals surface area contributed by atoms with Crippen LogP contribution in [-0.4, -0.2) is 59.3 Å². The van der Waals surface area contributed by atoms with E-state index in [1.165, 1.54) is 11.8 Å². The molecule has 1 saturated heterocycles. The number of benzene rings is 4. The number of aromatic hydroxyl groups is 1. The van der Waals surface area contributed by atoms with E-state index in [0.29, 0.717) is 30.3 Å². The number of aromatic nitrogens is 4. The van der Waals surface area contributed by atoms with E-state index in [1.54, 1.807) is 28.9 Å². The van der Waals surface area contributed by atoms with Gasteiger partial charge in [0.15, 0.2) is 6.29 Å². The number of nitrogens with zero attached hydrogens (tertiary/aromatic N) is 4. The van der Waals surface area contributed by atoms with Crippen molar-refractivity contribution >= 4 is 23.6 Å². The van der Waals surface area contributed by atoms with Gasteiger partial charge in [-0.15, -0.1) is 5.10 Å². The van der Waals surface area contributed by atoms with Crippen LogP contribution < -0.4 is 5.32 Å². The van der Waals surface area contributed by atoms with Gasteiger partial charge in [-0.05, 0) is 81.1 Å². The van der Waals surface area contributed by atoms with E-state index in [4.69, 9.17) is 14.6 Å². The molecule has 0 radical (unpaired) electrons. The lowest BCUT2D eigenvalue weighted by Crippen LogP contribution is -2.31. The summed E-state index contributed by atoms with van der Waals surface area (Å²) in [6, 6.07) is 30.3. The first-order valence-corrected chi connectivity index (χ1v) is 17.2. The van der Waals surface area contributed by atoms with Gasteiger partial charge < -0.3 is 30.1 Å². The summed E-state index contributed by atoms with van der Waals surface area (Å²) >= 11 is 1.47. The van der Waals surface area contributed by atoms with Crippen LogP contribution in [0.15, 0.2) is 102 Å². The SMILES string of the molecule is O=C(O)CCCC(=O)NCc1cccc(-c2cccc([C@@H]3O[C@H](CSc4nnnn4-c4ccc(O)cc4)C[C@H](c4ccc(CO)cc4)O3)c2)c1. The third-order valence-corrected chi connectivity index (χ3v) is 9.30. The molecule has 50 heavy (non-hydrogen) atoms. The highest BCUT2D eigenvalue weighted by Crippen LogP contribution is 2.40. The number of nitrogens with one attached hydrogen (secondary N) is 1. The maximum absolute atomic E-state index is 12.2. The second-order valence-corrected chi connectivity index (χ2v) is 12.9. The largest absolute Gasteiger partial charge is 0.508 e. The van der Waals surface area contributed by atoms with Crippen molar-refractivity contribution in [2.75, 3.05) is 5.75 Å². The second kappa shape index (κ2) is 16.5. The van der Waals surface area contributed by atoms with Crippen LogP contribution in [0.3, 0.4) is 0 Å². The average Bonchev–Trinajstić information content (AvgIpc) is 3.62. The van der Waals surface area contributed by atoms with E-state index < -0.39 is 12.3 Å². The highest BCUT2D eigenvalue weighted by Gasteiger charge is 2.33. The van der Waals surface area contributed by atoms with Crippen molar-refractivity contribution in [1.29, 1.82) is 0 Å². The molecule has 0 saturated carbocycles. The molecule has 4 aromatic carbocycles. The molecule has 1 aliphatic rings. The second-order valence-electron chi connectivity index (χ2n) is 11.9. The first kappa shape index (κ1) is 34.8. The first-order valence-electron chi connectivity index (χ1n) is 16.2. The summed E-state index contributed by atoms with van der Waals surface area (Å²) in [6.45, 7) is 0.292. The number of aliphatic carboxylic acids is 1. The number of phenols is 1. The van der Waals surface area contributed by atoms with Gasteiger partial charge in [0.25, 0.3) is 0 Å². The smallest absolute Gasteiger partial charge is 0.303 e. The Morgan fingerprint density at radius 2 is 1.64 bits per heavy atom. The number of carbonyl (C=O) groups is 2. The number of tetrazole rings is 1. The number of carboxylic acid groups (broad SMARTS) is 1. The number of rotatable bonds is 14. The van der Waals surface area contributed by atoms with Crippen LogP contribution in [0.4, 0.5) is 0 Å². The topological polar surface area (TPSA) is 169 Å². The zero-order valence-corrected chi connectivity index (χ0v) is 27.9. The summed E-state index contributed by atoms with van der Waals surface area (Å²) in [5, 5.41) is 43.7. The van der Waals surface area contributed by atoms with E-state index in [2.05, 4.69) is 20.8 Å². The number of hydrogen-bond acceptors (Lipinski definition) is 10. The van der Waals surface area contributed by atoms with Crippen molar-refractivity contribution < 1.29 is 34.4 Å². The van der Waals surface area contributed by atoms with Crippen molar-refractivity contribution in [2.24, 2.45) is 0 Å². The van der Waals surface area contributed by atoms with Gasteiger partial charge in [0, 0.05) is 37.1 Å².